The van der Waals surface area contributed by atoms with E-state index in [-0.39, 0.29) is 38.2 Å². The molecule has 0 aliphatic heterocycles. The van der Waals surface area contributed by atoms with Crippen molar-refractivity contribution in [3.63, 3.8) is 0 Å². The molecule has 2 aromatic rings. The van der Waals surface area contributed by atoms with Crippen LogP contribution in [-0.2, 0) is 41.6 Å². The third-order valence-electron chi connectivity index (χ3n) is 8.12. The molecule has 0 bridgehead atoms. The molecule has 0 saturated carbocycles. The van der Waals surface area contributed by atoms with Crippen molar-refractivity contribution >= 4 is 41.5 Å². The van der Waals surface area contributed by atoms with Gasteiger partial charge in [0.1, 0.15) is 30.2 Å². The number of aliphatic hydroxyl groups excluding tert-OH is 1. The standard InChI is InChI=1S/C34H53N11O8/c1-18(2)26(32(51)45-27(19(3)4)33(52)53)44-31(50)25(16-46)43-30(49)24(14-21-15-38-17-40-21)42-29(48)23(11-8-12-39-34(36)37)41-28(47)22(35)13-20-9-6-5-7-10-20/h5-7,9-10,15,17-19,22-27,46H,8,11-14,16,35H2,1-4H3,(H,38,40)(H,41,47)(H,42,48)(H,43,49)(H,44,50)(H,45,51)(H,52,53)(H4,36,37,39)/t22-,23-,24-,25-,26-,27-/m0/s1. The van der Waals surface area contributed by atoms with Gasteiger partial charge in [0.15, 0.2) is 5.96 Å². The highest BCUT2D eigenvalue weighted by Gasteiger charge is 2.34. The molecule has 1 heterocycles. The number of rotatable bonds is 22. The number of aromatic nitrogens is 2. The Morgan fingerprint density at radius 3 is 1.89 bits per heavy atom. The Hall–Kier alpha value is -5.56. The molecule has 6 atom stereocenters. The lowest BCUT2D eigenvalue weighted by molar-refractivity contribution is -0.144. The molecule has 0 unspecified atom stereocenters. The number of carbonyl (C=O) groups is 6. The summed E-state index contributed by atoms with van der Waals surface area (Å²) in [5.41, 5.74) is 18.2. The molecule has 19 heteroatoms. The largest absolute Gasteiger partial charge is 0.480 e. The molecule has 0 fully saturated rings. The molecule has 0 radical (unpaired) electrons. The number of aliphatic imine (C=N–C) groups is 1. The molecule has 0 spiro atoms. The van der Waals surface area contributed by atoms with Crippen LogP contribution in [-0.4, -0.2) is 111 Å². The number of aromatic amines is 1. The van der Waals surface area contributed by atoms with Crippen molar-refractivity contribution in [2.45, 2.75) is 89.6 Å². The SMILES string of the molecule is CC(C)[C@H](NC(=O)[C@@H](NC(=O)[C@H](CO)NC(=O)[C@H](Cc1cnc[nH]1)NC(=O)[C@H](CCCN=C(N)N)NC(=O)[C@@H](N)Cc1ccccc1)C(C)C)C(=O)O. The lowest BCUT2D eigenvalue weighted by Gasteiger charge is -2.28. The molecule has 292 valence electrons. The van der Waals surface area contributed by atoms with Crippen molar-refractivity contribution in [2.24, 2.45) is 34.0 Å². The summed E-state index contributed by atoms with van der Waals surface area (Å²) in [5, 5.41) is 32.2. The summed E-state index contributed by atoms with van der Waals surface area (Å²) in [6.45, 7) is 5.73. The molecule has 0 aliphatic carbocycles. The van der Waals surface area contributed by atoms with Gasteiger partial charge in [0.25, 0.3) is 0 Å². The highest BCUT2D eigenvalue weighted by atomic mass is 16.4. The first-order valence-electron chi connectivity index (χ1n) is 17.2. The van der Waals surface area contributed by atoms with Crippen LogP contribution >= 0.6 is 0 Å². The van der Waals surface area contributed by atoms with Crippen LogP contribution in [0.3, 0.4) is 0 Å². The smallest absolute Gasteiger partial charge is 0.326 e. The number of amides is 5. The number of nitrogens with one attached hydrogen (secondary N) is 6. The van der Waals surface area contributed by atoms with Crippen molar-refractivity contribution in [3.8, 4) is 0 Å². The van der Waals surface area contributed by atoms with E-state index >= 15 is 0 Å². The Morgan fingerprint density at radius 2 is 1.34 bits per heavy atom. The maximum Gasteiger partial charge on any atom is 0.326 e. The third kappa shape index (κ3) is 14.9. The molecule has 0 aliphatic rings. The van der Waals surface area contributed by atoms with Gasteiger partial charge >= 0.3 is 5.97 Å². The number of hydrogen-bond donors (Lipinski definition) is 11. The lowest BCUT2D eigenvalue weighted by Crippen LogP contribution is -2.61. The minimum Gasteiger partial charge on any atom is -0.480 e. The van der Waals surface area contributed by atoms with Crippen molar-refractivity contribution in [2.75, 3.05) is 13.2 Å². The zero-order chi connectivity index (χ0) is 39.7. The van der Waals surface area contributed by atoms with Gasteiger partial charge in [-0.3, -0.25) is 29.0 Å². The first kappa shape index (κ1) is 43.6. The van der Waals surface area contributed by atoms with E-state index in [0.29, 0.717) is 5.69 Å². The highest BCUT2D eigenvalue weighted by molar-refractivity contribution is 5.96. The second-order valence-electron chi connectivity index (χ2n) is 13.2. The van der Waals surface area contributed by atoms with Crippen molar-refractivity contribution < 1.29 is 39.0 Å². The molecular formula is C34H53N11O8. The van der Waals surface area contributed by atoms with Gasteiger partial charge in [-0.15, -0.1) is 0 Å². The first-order chi connectivity index (χ1) is 25.0. The minimum absolute atomic E-state index is 0.0602. The van der Waals surface area contributed by atoms with Gasteiger partial charge in [-0.25, -0.2) is 9.78 Å². The summed E-state index contributed by atoms with van der Waals surface area (Å²) >= 11 is 0. The van der Waals surface area contributed by atoms with Crippen LogP contribution in [0.4, 0.5) is 0 Å². The van der Waals surface area contributed by atoms with Crippen LogP contribution in [0, 0.1) is 11.8 Å². The molecule has 1 aromatic heterocycles. The topological polar surface area (TPSA) is 322 Å². The third-order valence-corrected chi connectivity index (χ3v) is 8.12. The Kier molecular flexibility index (Phi) is 17.9. The maximum absolute atomic E-state index is 13.7. The summed E-state index contributed by atoms with van der Waals surface area (Å²) in [6.07, 6.45) is 3.17. The summed E-state index contributed by atoms with van der Waals surface area (Å²) < 4.78 is 0. The van der Waals surface area contributed by atoms with E-state index in [9.17, 15) is 39.0 Å². The van der Waals surface area contributed by atoms with Gasteiger partial charge in [-0.2, -0.15) is 0 Å². The van der Waals surface area contributed by atoms with Crippen LogP contribution in [0.1, 0.15) is 51.8 Å². The predicted molar refractivity (Wildman–Crippen MR) is 194 cm³/mol. The fourth-order valence-electron chi connectivity index (χ4n) is 5.12. The first-order valence-corrected chi connectivity index (χ1v) is 17.2. The number of nitrogens with zero attached hydrogens (tertiary/aromatic N) is 2. The van der Waals surface area contributed by atoms with E-state index in [4.69, 9.17) is 17.2 Å². The number of aliphatic hydroxyl groups is 1. The number of carboxylic acid groups (broad SMARTS) is 1. The number of hydrogen-bond acceptors (Lipinski definition) is 10. The van der Waals surface area contributed by atoms with E-state index < -0.39 is 90.2 Å². The Balaban J connectivity index is 2.26. The van der Waals surface area contributed by atoms with Gasteiger partial charge in [0, 0.05) is 24.9 Å². The summed E-state index contributed by atoms with van der Waals surface area (Å²) in [4.78, 5) is 89.2. The predicted octanol–water partition coefficient (Wildman–Crippen LogP) is -2.61. The van der Waals surface area contributed by atoms with Crippen molar-refractivity contribution in [1.82, 2.24) is 36.6 Å². The van der Waals surface area contributed by atoms with E-state index in [1.54, 1.807) is 39.8 Å². The van der Waals surface area contributed by atoms with Gasteiger partial charge in [0.2, 0.25) is 29.5 Å². The fraction of sp³-hybridized carbons (Fsp3) is 0.529. The molecule has 0 saturated heterocycles. The number of nitrogens with two attached hydrogens (primary N) is 3. The van der Waals surface area contributed by atoms with Crippen molar-refractivity contribution in [1.29, 1.82) is 0 Å². The van der Waals surface area contributed by atoms with Crippen LogP contribution in [0.15, 0.2) is 47.8 Å². The Bertz CT molecular complexity index is 1530. The van der Waals surface area contributed by atoms with Gasteiger partial charge in [-0.05, 0) is 36.7 Å². The second kappa shape index (κ2) is 21.7. The van der Waals surface area contributed by atoms with E-state index in [1.165, 1.54) is 12.5 Å². The molecule has 2 rings (SSSR count). The number of H-pyrrole nitrogens is 1. The summed E-state index contributed by atoms with van der Waals surface area (Å²) in [7, 11) is 0. The van der Waals surface area contributed by atoms with Gasteiger partial charge in [0.05, 0.1) is 19.0 Å². The van der Waals surface area contributed by atoms with Crippen LogP contribution in [0.25, 0.3) is 0 Å². The quantitative estimate of drug-likeness (QED) is 0.0336. The average molecular weight is 744 g/mol. The molecular weight excluding hydrogens is 690 g/mol. The van der Waals surface area contributed by atoms with Crippen molar-refractivity contribution in [3.05, 3.63) is 54.1 Å². The minimum atomic E-state index is -1.58. The number of aliphatic carboxylic acids is 1. The molecule has 14 N–H and O–H groups in total. The zero-order valence-corrected chi connectivity index (χ0v) is 30.4. The molecule has 1 aromatic carbocycles. The number of carboxylic acids is 1. The number of benzene rings is 1. The fourth-order valence-corrected chi connectivity index (χ4v) is 5.12. The summed E-state index contributed by atoms with van der Waals surface area (Å²) in [6, 6.07) is 1.50. The zero-order valence-electron chi connectivity index (χ0n) is 30.4. The normalized spacial score (nSPS) is 14.5. The maximum atomic E-state index is 13.7. The number of carbonyl (C=O) groups excluding carboxylic acids is 5. The molecule has 53 heavy (non-hydrogen) atoms. The number of imidazole rings is 1. The van der Waals surface area contributed by atoms with Gasteiger partial charge < -0.3 is 59.0 Å². The van der Waals surface area contributed by atoms with E-state index in [2.05, 4.69) is 41.5 Å². The molecule has 19 nitrogen and oxygen atoms in total. The van der Waals surface area contributed by atoms with E-state index in [1.807, 2.05) is 18.2 Å². The van der Waals surface area contributed by atoms with Crippen LogP contribution in [0.5, 0.6) is 0 Å². The Labute approximate surface area is 307 Å². The van der Waals surface area contributed by atoms with Gasteiger partial charge in [-0.1, -0.05) is 58.0 Å². The summed E-state index contributed by atoms with van der Waals surface area (Å²) in [5.74, 6) is -6.33. The van der Waals surface area contributed by atoms with E-state index in [0.717, 1.165) is 5.56 Å². The molecule has 5 amide bonds. The lowest BCUT2D eigenvalue weighted by atomic mass is 10.00. The average Bonchev–Trinajstić information content (AvgIpc) is 3.62. The monoisotopic (exact) mass is 743 g/mol. The second-order valence-corrected chi connectivity index (χ2v) is 13.2. The number of guanidine groups is 1. The van der Waals surface area contributed by atoms with Crippen LogP contribution < -0.4 is 43.8 Å². The highest BCUT2D eigenvalue weighted by Crippen LogP contribution is 2.09. The Morgan fingerprint density at radius 1 is 0.774 bits per heavy atom. The van der Waals surface area contributed by atoms with Crippen LogP contribution in [0.2, 0.25) is 0 Å².